The lowest BCUT2D eigenvalue weighted by atomic mass is 9.83. The number of rotatable bonds is 2. The van der Waals surface area contributed by atoms with Gasteiger partial charge in [0.05, 0.1) is 0 Å². The first-order valence-corrected chi connectivity index (χ1v) is 4.91. The van der Waals surface area contributed by atoms with E-state index in [1.165, 1.54) is 11.1 Å². The van der Waals surface area contributed by atoms with Crippen LogP contribution in [0.3, 0.4) is 0 Å². The Morgan fingerprint density at radius 2 is 1.62 bits per heavy atom. The maximum absolute atomic E-state index is 5.96. The van der Waals surface area contributed by atoms with Gasteiger partial charge in [0.2, 0.25) is 0 Å². The van der Waals surface area contributed by atoms with Gasteiger partial charge in [-0.15, -0.1) is 0 Å². The van der Waals surface area contributed by atoms with Crippen molar-refractivity contribution in [1.29, 1.82) is 0 Å². The van der Waals surface area contributed by atoms with Gasteiger partial charge in [0.25, 0.3) is 0 Å². The van der Waals surface area contributed by atoms with Crippen molar-refractivity contribution in [3.05, 3.63) is 29.3 Å². The summed E-state index contributed by atoms with van der Waals surface area (Å²) in [6, 6.07) is 6.42. The van der Waals surface area contributed by atoms with Gasteiger partial charge in [0.1, 0.15) is 7.85 Å². The molecule has 0 aliphatic heterocycles. The van der Waals surface area contributed by atoms with Crippen LogP contribution < -0.4 is 5.46 Å². The van der Waals surface area contributed by atoms with E-state index in [1.54, 1.807) is 0 Å². The van der Waals surface area contributed by atoms with Gasteiger partial charge in [-0.05, 0) is 17.4 Å². The first kappa shape index (κ1) is 10.4. The summed E-state index contributed by atoms with van der Waals surface area (Å²) >= 11 is 0. The van der Waals surface area contributed by atoms with Crippen molar-refractivity contribution in [2.75, 3.05) is 0 Å². The molecule has 1 heteroatoms. The third-order valence-electron chi connectivity index (χ3n) is 2.40. The van der Waals surface area contributed by atoms with Crippen LogP contribution in [0.4, 0.5) is 0 Å². The Bertz CT molecular complexity index is 287. The summed E-state index contributed by atoms with van der Waals surface area (Å²) in [7, 11) is 5.96. The van der Waals surface area contributed by atoms with Crippen LogP contribution in [0.15, 0.2) is 18.2 Å². The van der Waals surface area contributed by atoms with Crippen LogP contribution in [0.1, 0.15) is 50.7 Å². The third kappa shape index (κ3) is 2.36. The van der Waals surface area contributed by atoms with Gasteiger partial charge >= 0.3 is 0 Å². The highest BCUT2D eigenvalue weighted by Crippen LogP contribution is 2.17. The van der Waals surface area contributed by atoms with E-state index in [4.69, 9.17) is 7.85 Å². The Morgan fingerprint density at radius 1 is 1.00 bits per heavy atom. The van der Waals surface area contributed by atoms with Crippen LogP contribution in [0.2, 0.25) is 0 Å². The summed E-state index contributed by atoms with van der Waals surface area (Å²) in [6.07, 6.45) is 0. The van der Waals surface area contributed by atoms with Crippen molar-refractivity contribution >= 4 is 13.3 Å². The molecule has 1 rings (SSSR count). The lowest BCUT2D eigenvalue weighted by Crippen LogP contribution is -2.12. The molecule has 0 aliphatic carbocycles. The summed E-state index contributed by atoms with van der Waals surface area (Å²) in [5.41, 5.74) is 3.51. The molecule has 0 atom stereocenters. The Labute approximate surface area is 82.8 Å². The number of hydrogen-bond acceptors (Lipinski definition) is 0. The number of hydrogen-bond donors (Lipinski definition) is 0. The Morgan fingerprint density at radius 3 is 2.00 bits per heavy atom. The quantitative estimate of drug-likeness (QED) is 0.601. The minimum atomic E-state index is 0.515. The molecule has 0 bridgehead atoms. The Balaban J connectivity index is 3.06. The fraction of sp³-hybridized carbons (Fsp3) is 0.500. The highest BCUT2D eigenvalue weighted by Gasteiger charge is 2.05. The number of benzene rings is 1. The van der Waals surface area contributed by atoms with Crippen LogP contribution >= 0.6 is 0 Å². The largest absolute Gasteiger partial charge is 0.114 e. The molecule has 1 aromatic rings. The minimum absolute atomic E-state index is 0.515. The molecule has 0 amide bonds. The Kier molecular flexibility index (Phi) is 3.19. The maximum Gasteiger partial charge on any atom is 0.114 e. The third-order valence-corrected chi connectivity index (χ3v) is 2.40. The van der Waals surface area contributed by atoms with Crippen LogP contribution in [0.25, 0.3) is 0 Å². The fourth-order valence-corrected chi connectivity index (χ4v) is 1.48. The van der Waals surface area contributed by atoms with E-state index in [0.717, 1.165) is 5.46 Å². The van der Waals surface area contributed by atoms with E-state index in [2.05, 4.69) is 45.9 Å². The molecule has 0 spiro atoms. The average Bonchev–Trinajstić information content (AvgIpc) is 2.03. The molecule has 0 aromatic heterocycles. The first-order chi connectivity index (χ1) is 6.02. The van der Waals surface area contributed by atoms with E-state index in [9.17, 15) is 0 Å². The molecule has 1 aromatic carbocycles. The van der Waals surface area contributed by atoms with Gasteiger partial charge < -0.3 is 0 Å². The van der Waals surface area contributed by atoms with Crippen LogP contribution in [0, 0.1) is 0 Å². The highest BCUT2D eigenvalue weighted by molar-refractivity contribution is 6.33. The zero-order valence-electron chi connectivity index (χ0n) is 8.96. The van der Waals surface area contributed by atoms with Crippen molar-refractivity contribution < 1.29 is 0 Å². The first-order valence-electron chi connectivity index (χ1n) is 4.91. The molecule has 0 unspecified atom stereocenters. The second-order valence-electron chi connectivity index (χ2n) is 4.20. The van der Waals surface area contributed by atoms with E-state index in [1.807, 2.05) is 0 Å². The van der Waals surface area contributed by atoms with E-state index in [0.29, 0.717) is 11.8 Å². The van der Waals surface area contributed by atoms with Crippen LogP contribution in [0.5, 0.6) is 0 Å². The lowest BCUT2D eigenvalue weighted by Gasteiger charge is -2.13. The zero-order chi connectivity index (χ0) is 10.0. The van der Waals surface area contributed by atoms with Gasteiger partial charge in [-0.1, -0.05) is 56.9 Å². The van der Waals surface area contributed by atoms with Crippen molar-refractivity contribution in [2.45, 2.75) is 39.5 Å². The molecule has 13 heavy (non-hydrogen) atoms. The molecule has 0 fully saturated rings. The maximum atomic E-state index is 5.96. The van der Waals surface area contributed by atoms with Crippen molar-refractivity contribution in [3.8, 4) is 0 Å². The summed E-state index contributed by atoms with van der Waals surface area (Å²) < 4.78 is 0. The molecular weight excluding hydrogens is 155 g/mol. The molecule has 68 valence electrons. The van der Waals surface area contributed by atoms with Crippen molar-refractivity contribution in [3.63, 3.8) is 0 Å². The van der Waals surface area contributed by atoms with Gasteiger partial charge in [0.15, 0.2) is 0 Å². The minimum Gasteiger partial charge on any atom is -0.0930 e. The monoisotopic (exact) mass is 172 g/mol. The van der Waals surface area contributed by atoms with E-state index in [-0.39, 0.29) is 0 Å². The molecule has 0 aliphatic rings. The second-order valence-corrected chi connectivity index (χ2v) is 4.20. The molecule has 0 N–H and O–H groups in total. The molecular formula is C12H17B. The lowest BCUT2D eigenvalue weighted by molar-refractivity contribution is 0.851. The fourth-order valence-electron chi connectivity index (χ4n) is 1.48. The standard InChI is InChI=1S/C12H17B/c1-8(2)10-5-6-11(9(3)4)12(13)7-10/h5-9H,1-4H3. The van der Waals surface area contributed by atoms with Crippen LogP contribution in [-0.2, 0) is 0 Å². The predicted molar refractivity (Wildman–Crippen MR) is 60.0 cm³/mol. The molecule has 0 heterocycles. The molecule has 0 saturated carbocycles. The summed E-state index contributed by atoms with van der Waals surface area (Å²) in [6.45, 7) is 8.70. The van der Waals surface area contributed by atoms with E-state index < -0.39 is 0 Å². The summed E-state index contributed by atoms with van der Waals surface area (Å²) in [4.78, 5) is 0. The smallest absolute Gasteiger partial charge is 0.0930 e. The zero-order valence-corrected chi connectivity index (χ0v) is 8.96. The van der Waals surface area contributed by atoms with Gasteiger partial charge in [0, 0.05) is 0 Å². The topological polar surface area (TPSA) is 0 Å². The SMILES string of the molecule is [B]c1cc(C(C)C)ccc1C(C)C. The summed E-state index contributed by atoms with van der Waals surface area (Å²) in [5, 5.41) is 0. The normalized spacial score (nSPS) is 11.2. The predicted octanol–water partition coefficient (Wildman–Crippen LogP) is 2.73. The Hall–Kier alpha value is -0.715. The van der Waals surface area contributed by atoms with Crippen molar-refractivity contribution in [2.24, 2.45) is 0 Å². The molecule has 2 radical (unpaired) electrons. The van der Waals surface area contributed by atoms with Gasteiger partial charge in [-0.2, -0.15) is 0 Å². The van der Waals surface area contributed by atoms with Gasteiger partial charge in [-0.3, -0.25) is 0 Å². The summed E-state index contributed by atoms with van der Waals surface area (Å²) in [5.74, 6) is 1.07. The second kappa shape index (κ2) is 4.00. The van der Waals surface area contributed by atoms with Crippen molar-refractivity contribution in [1.82, 2.24) is 0 Å². The van der Waals surface area contributed by atoms with E-state index >= 15 is 0 Å². The van der Waals surface area contributed by atoms with Gasteiger partial charge in [-0.25, -0.2) is 0 Å². The highest BCUT2D eigenvalue weighted by atomic mass is 14.1. The average molecular weight is 172 g/mol. The molecule has 0 saturated heterocycles. The molecule has 0 nitrogen and oxygen atoms in total. The van der Waals surface area contributed by atoms with Crippen LogP contribution in [-0.4, -0.2) is 7.85 Å².